The van der Waals surface area contributed by atoms with Crippen molar-refractivity contribution in [2.24, 2.45) is 0 Å². The Morgan fingerprint density at radius 3 is 2.38 bits per heavy atom. The number of aryl methyl sites for hydroxylation is 2. The first kappa shape index (κ1) is 25.8. The summed E-state index contributed by atoms with van der Waals surface area (Å²) in [5.41, 5.74) is 4.72. The number of nitriles is 1. The molecule has 0 fully saturated rings. The third-order valence-electron chi connectivity index (χ3n) is 4.77. The zero-order valence-electron chi connectivity index (χ0n) is 19.1. The minimum absolute atomic E-state index is 0.00919. The normalized spacial score (nSPS) is 11.0. The molecule has 0 radical (unpaired) electrons. The molecule has 3 aromatic carbocycles. The van der Waals surface area contributed by atoms with Crippen molar-refractivity contribution in [2.75, 3.05) is 11.9 Å². The van der Waals surface area contributed by atoms with E-state index in [2.05, 4.69) is 75.9 Å². The molecule has 0 heterocycles. The summed E-state index contributed by atoms with van der Waals surface area (Å²) in [5, 5.41) is 12.3. The molecule has 0 unspecified atom stereocenters. The fraction of sp³-hybridized carbons (Fsp3) is 0.185. The molecule has 0 aromatic heterocycles. The number of nitrogens with zero attached hydrogens (tertiary/aromatic N) is 1. The standard InChI is InChI=1S/C27H24BrIN2O3/c1-4-33-25-14-19(12-21(15-30)27(32)31-23-7-5-22(28)6-8-23)13-24(29)26(25)34-16-20-10-17(2)9-18(3)11-20/h5-14H,4,16H2,1-3H3,(H,31,32)/b21-12+. The molecule has 1 amide bonds. The molecule has 174 valence electrons. The number of hydrogen-bond donors (Lipinski definition) is 1. The van der Waals surface area contributed by atoms with Gasteiger partial charge in [-0.25, -0.2) is 0 Å². The van der Waals surface area contributed by atoms with Crippen LogP contribution in [0.5, 0.6) is 11.5 Å². The van der Waals surface area contributed by atoms with Gasteiger partial charge in [0.15, 0.2) is 11.5 Å². The fourth-order valence-corrected chi connectivity index (χ4v) is 4.47. The number of benzene rings is 3. The van der Waals surface area contributed by atoms with Crippen LogP contribution in [0, 0.1) is 28.7 Å². The van der Waals surface area contributed by atoms with Gasteiger partial charge in [-0.3, -0.25) is 4.79 Å². The summed E-state index contributed by atoms with van der Waals surface area (Å²) in [5.74, 6) is 0.722. The molecule has 34 heavy (non-hydrogen) atoms. The van der Waals surface area contributed by atoms with Gasteiger partial charge in [-0.1, -0.05) is 45.3 Å². The van der Waals surface area contributed by atoms with Crippen molar-refractivity contribution >= 4 is 56.2 Å². The van der Waals surface area contributed by atoms with Crippen LogP contribution in [0.4, 0.5) is 5.69 Å². The van der Waals surface area contributed by atoms with Crippen molar-refractivity contribution in [3.63, 3.8) is 0 Å². The number of carbonyl (C=O) groups is 1. The van der Waals surface area contributed by atoms with Crippen LogP contribution in [0.25, 0.3) is 6.08 Å². The molecule has 0 spiro atoms. The van der Waals surface area contributed by atoms with Gasteiger partial charge >= 0.3 is 0 Å². The lowest BCUT2D eigenvalue weighted by Gasteiger charge is -2.15. The second-order valence-corrected chi connectivity index (χ2v) is 9.76. The molecule has 7 heteroatoms. The lowest BCUT2D eigenvalue weighted by atomic mass is 10.1. The molecule has 0 aliphatic rings. The lowest BCUT2D eigenvalue weighted by Crippen LogP contribution is -2.13. The molecule has 5 nitrogen and oxygen atoms in total. The predicted octanol–water partition coefficient (Wildman–Crippen LogP) is 7.19. The van der Waals surface area contributed by atoms with E-state index in [4.69, 9.17) is 9.47 Å². The van der Waals surface area contributed by atoms with E-state index >= 15 is 0 Å². The Balaban J connectivity index is 1.85. The summed E-state index contributed by atoms with van der Waals surface area (Å²) in [6.45, 7) is 6.89. The van der Waals surface area contributed by atoms with Crippen LogP contribution < -0.4 is 14.8 Å². The molecule has 0 atom stereocenters. The van der Waals surface area contributed by atoms with Gasteiger partial charge in [0.25, 0.3) is 5.91 Å². The van der Waals surface area contributed by atoms with Crippen LogP contribution >= 0.6 is 38.5 Å². The van der Waals surface area contributed by atoms with E-state index in [-0.39, 0.29) is 5.57 Å². The third-order valence-corrected chi connectivity index (χ3v) is 6.10. The number of ether oxygens (including phenoxy) is 2. The van der Waals surface area contributed by atoms with Gasteiger partial charge < -0.3 is 14.8 Å². The number of rotatable bonds is 8. The lowest BCUT2D eigenvalue weighted by molar-refractivity contribution is -0.112. The van der Waals surface area contributed by atoms with Crippen molar-refractivity contribution in [3.05, 3.63) is 90.5 Å². The van der Waals surface area contributed by atoms with Gasteiger partial charge in [0.1, 0.15) is 18.2 Å². The number of halogens is 2. The number of hydrogen-bond acceptors (Lipinski definition) is 4. The van der Waals surface area contributed by atoms with Gasteiger partial charge in [0.2, 0.25) is 0 Å². The second-order valence-electron chi connectivity index (χ2n) is 7.68. The Labute approximate surface area is 222 Å². The smallest absolute Gasteiger partial charge is 0.266 e. The highest BCUT2D eigenvalue weighted by molar-refractivity contribution is 14.1. The van der Waals surface area contributed by atoms with E-state index in [9.17, 15) is 10.1 Å². The second kappa shape index (κ2) is 12.0. The van der Waals surface area contributed by atoms with Gasteiger partial charge in [-0.05, 0) is 97.0 Å². The molecule has 3 aromatic rings. The highest BCUT2D eigenvalue weighted by atomic mass is 127. The molecule has 0 bridgehead atoms. The van der Waals surface area contributed by atoms with Crippen molar-refractivity contribution in [1.82, 2.24) is 0 Å². The van der Waals surface area contributed by atoms with Crippen molar-refractivity contribution in [2.45, 2.75) is 27.4 Å². The summed E-state index contributed by atoms with van der Waals surface area (Å²) in [7, 11) is 0. The molecular formula is C27H24BrIN2O3. The quantitative estimate of drug-likeness (QED) is 0.162. The zero-order valence-corrected chi connectivity index (χ0v) is 22.9. The van der Waals surface area contributed by atoms with Crippen LogP contribution in [0.3, 0.4) is 0 Å². The highest BCUT2D eigenvalue weighted by Crippen LogP contribution is 2.35. The van der Waals surface area contributed by atoms with E-state index in [0.29, 0.717) is 36.0 Å². The van der Waals surface area contributed by atoms with Gasteiger partial charge in [0.05, 0.1) is 10.2 Å². The molecule has 0 aliphatic carbocycles. The molecule has 0 aliphatic heterocycles. The maximum atomic E-state index is 12.6. The van der Waals surface area contributed by atoms with Gasteiger partial charge in [-0.2, -0.15) is 5.26 Å². The summed E-state index contributed by atoms with van der Waals surface area (Å²) < 4.78 is 13.7. The SMILES string of the molecule is CCOc1cc(/C=C(\C#N)C(=O)Nc2ccc(Br)cc2)cc(I)c1OCc1cc(C)cc(C)c1. The highest BCUT2D eigenvalue weighted by Gasteiger charge is 2.15. The average molecular weight is 631 g/mol. The summed E-state index contributed by atoms with van der Waals surface area (Å²) >= 11 is 5.54. The molecule has 1 N–H and O–H groups in total. The fourth-order valence-electron chi connectivity index (χ4n) is 3.43. The van der Waals surface area contributed by atoms with E-state index in [0.717, 1.165) is 13.6 Å². The van der Waals surface area contributed by atoms with Gasteiger partial charge in [0, 0.05) is 10.2 Å². The van der Waals surface area contributed by atoms with Crippen LogP contribution in [-0.4, -0.2) is 12.5 Å². The van der Waals surface area contributed by atoms with E-state index in [1.807, 2.05) is 31.2 Å². The Bertz CT molecular complexity index is 1240. The Morgan fingerprint density at radius 2 is 1.76 bits per heavy atom. The van der Waals surface area contributed by atoms with E-state index in [1.54, 1.807) is 24.3 Å². The zero-order chi connectivity index (χ0) is 24.7. The Hall–Kier alpha value is -2.83. The minimum Gasteiger partial charge on any atom is -0.490 e. The maximum Gasteiger partial charge on any atom is 0.266 e. The monoisotopic (exact) mass is 630 g/mol. The number of nitrogens with one attached hydrogen (secondary N) is 1. The van der Waals surface area contributed by atoms with E-state index < -0.39 is 5.91 Å². The van der Waals surface area contributed by atoms with Crippen molar-refractivity contribution in [3.8, 4) is 17.6 Å². The molecule has 3 rings (SSSR count). The minimum atomic E-state index is -0.479. The first-order valence-electron chi connectivity index (χ1n) is 10.6. The first-order valence-corrected chi connectivity index (χ1v) is 12.5. The molecule has 0 saturated carbocycles. The first-order chi connectivity index (χ1) is 16.3. The van der Waals surface area contributed by atoms with Crippen molar-refractivity contribution < 1.29 is 14.3 Å². The summed E-state index contributed by atoms with van der Waals surface area (Å²) in [6.07, 6.45) is 1.55. The van der Waals surface area contributed by atoms with Crippen LogP contribution in [0.1, 0.15) is 29.2 Å². The van der Waals surface area contributed by atoms with Crippen LogP contribution in [-0.2, 0) is 11.4 Å². The van der Waals surface area contributed by atoms with Gasteiger partial charge in [-0.15, -0.1) is 0 Å². The Morgan fingerprint density at radius 1 is 1.09 bits per heavy atom. The number of carbonyl (C=O) groups excluding carboxylic acids is 1. The van der Waals surface area contributed by atoms with Crippen molar-refractivity contribution in [1.29, 1.82) is 5.26 Å². The molecular weight excluding hydrogens is 607 g/mol. The van der Waals surface area contributed by atoms with Crippen LogP contribution in [0.15, 0.2) is 64.6 Å². The van der Waals surface area contributed by atoms with E-state index in [1.165, 1.54) is 11.1 Å². The molecule has 0 saturated heterocycles. The number of anilines is 1. The maximum absolute atomic E-state index is 12.6. The summed E-state index contributed by atoms with van der Waals surface area (Å²) in [6, 6.07) is 19.1. The average Bonchev–Trinajstić information content (AvgIpc) is 2.78. The largest absolute Gasteiger partial charge is 0.490 e. The predicted molar refractivity (Wildman–Crippen MR) is 147 cm³/mol. The van der Waals surface area contributed by atoms with Crippen LogP contribution in [0.2, 0.25) is 0 Å². The summed E-state index contributed by atoms with van der Waals surface area (Å²) in [4.78, 5) is 12.6. The Kier molecular flexibility index (Phi) is 9.13. The third kappa shape index (κ3) is 7.08. The number of amides is 1. The topological polar surface area (TPSA) is 71.3 Å².